The van der Waals surface area contributed by atoms with Gasteiger partial charge in [-0.25, -0.2) is 8.42 Å². The van der Waals surface area contributed by atoms with Gasteiger partial charge in [-0.1, -0.05) is 24.3 Å². The van der Waals surface area contributed by atoms with E-state index in [1.54, 1.807) is 20.3 Å². The molecule has 0 N–H and O–H groups in total. The van der Waals surface area contributed by atoms with Crippen LogP contribution >= 0.6 is 0 Å². The van der Waals surface area contributed by atoms with Gasteiger partial charge in [0.2, 0.25) is 5.91 Å². The molecule has 0 aliphatic carbocycles. The molecule has 1 atom stereocenters. The number of hydrogen-bond acceptors (Lipinski definition) is 5. The SMILES string of the molecule is CN(C)C(=O)C1CCS(=O)(=O)C12CN(C(=O)c1nccc3ccccc13)C2. The highest BCUT2D eigenvalue weighted by Crippen LogP contribution is 2.45. The van der Waals surface area contributed by atoms with Crippen LogP contribution < -0.4 is 0 Å². The smallest absolute Gasteiger partial charge is 0.273 e. The minimum Gasteiger partial charge on any atom is -0.349 e. The summed E-state index contributed by atoms with van der Waals surface area (Å²) in [6, 6.07) is 9.29. The van der Waals surface area contributed by atoms with E-state index in [1.165, 1.54) is 9.80 Å². The monoisotopic (exact) mass is 387 g/mol. The number of carbonyl (C=O) groups excluding carboxylic acids is 2. The number of nitrogens with zero attached hydrogens (tertiary/aromatic N) is 3. The van der Waals surface area contributed by atoms with Gasteiger partial charge in [-0.15, -0.1) is 0 Å². The Labute approximate surface area is 157 Å². The van der Waals surface area contributed by atoms with Gasteiger partial charge in [0.05, 0.1) is 11.7 Å². The highest BCUT2D eigenvalue weighted by Gasteiger charge is 2.65. The average molecular weight is 387 g/mol. The molecule has 8 heteroatoms. The fraction of sp³-hybridized carbons (Fsp3) is 0.421. The molecule has 0 radical (unpaired) electrons. The molecule has 0 saturated carbocycles. The van der Waals surface area contributed by atoms with E-state index in [1.807, 2.05) is 30.3 Å². The summed E-state index contributed by atoms with van der Waals surface area (Å²) in [5.41, 5.74) is 0.314. The molecule has 1 spiro atoms. The van der Waals surface area contributed by atoms with Crippen LogP contribution in [0, 0.1) is 5.92 Å². The molecule has 0 bridgehead atoms. The maximum Gasteiger partial charge on any atom is 0.273 e. The summed E-state index contributed by atoms with van der Waals surface area (Å²) < 4.78 is 24.2. The minimum absolute atomic E-state index is 0.00814. The van der Waals surface area contributed by atoms with E-state index in [9.17, 15) is 18.0 Å². The van der Waals surface area contributed by atoms with Crippen molar-refractivity contribution in [3.63, 3.8) is 0 Å². The molecule has 2 aliphatic rings. The zero-order chi connectivity index (χ0) is 19.4. The molecule has 1 aromatic carbocycles. The molecule has 3 heterocycles. The summed E-state index contributed by atoms with van der Waals surface area (Å²) in [4.78, 5) is 32.6. The zero-order valence-electron chi connectivity index (χ0n) is 15.3. The number of amides is 2. The molecule has 27 heavy (non-hydrogen) atoms. The van der Waals surface area contributed by atoms with Crippen molar-refractivity contribution in [2.24, 2.45) is 5.92 Å². The lowest BCUT2D eigenvalue weighted by Gasteiger charge is -2.49. The summed E-state index contributed by atoms with van der Waals surface area (Å²) in [6.07, 6.45) is 1.89. The number of sulfone groups is 1. The summed E-state index contributed by atoms with van der Waals surface area (Å²) in [5, 5.41) is 1.64. The first kappa shape index (κ1) is 17.9. The van der Waals surface area contributed by atoms with Gasteiger partial charge >= 0.3 is 0 Å². The molecule has 142 valence electrons. The molecule has 2 amide bonds. The number of aromatic nitrogens is 1. The van der Waals surface area contributed by atoms with Crippen molar-refractivity contribution in [3.05, 3.63) is 42.2 Å². The maximum atomic E-state index is 13.0. The lowest BCUT2D eigenvalue weighted by molar-refractivity contribution is -0.135. The van der Waals surface area contributed by atoms with Crippen molar-refractivity contribution < 1.29 is 18.0 Å². The summed E-state index contributed by atoms with van der Waals surface area (Å²) in [5.74, 6) is -1.09. The Balaban J connectivity index is 1.64. The molecular formula is C19H21N3O4S. The third-order valence-electron chi connectivity index (χ3n) is 5.75. The first-order chi connectivity index (χ1) is 12.8. The van der Waals surface area contributed by atoms with Crippen molar-refractivity contribution in [2.75, 3.05) is 32.9 Å². The predicted octanol–water partition coefficient (Wildman–Crippen LogP) is 0.952. The highest BCUT2D eigenvalue weighted by molar-refractivity contribution is 7.93. The summed E-state index contributed by atoms with van der Waals surface area (Å²) in [6.45, 7) is 0.0899. The lowest BCUT2D eigenvalue weighted by atomic mass is 9.82. The second kappa shape index (κ2) is 6.02. The van der Waals surface area contributed by atoms with E-state index >= 15 is 0 Å². The van der Waals surface area contributed by atoms with Gasteiger partial charge in [0.15, 0.2) is 9.84 Å². The van der Waals surface area contributed by atoms with Gasteiger partial charge in [-0.2, -0.15) is 0 Å². The van der Waals surface area contributed by atoms with Gasteiger partial charge in [0.25, 0.3) is 5.91 Å². The molecule has 4 rings (SSSR count). The van der Waals surface area contributed by atoms with Crippen LogP contribution in [-0.2, 0) is 14.6 Å². The topological polar surface area (TPSA) is 87.7 Å². The Hall–Kier alpha value is -2.48. The van der Waals surface area contributed by atoms with E-state index in [4.69, 9.17) is 0 Å². The van der Waals surface area contributed by atoms with Gasteiger partial charge < -0.3 is 9.80 Å². The van der Waals surface area contributed by atoms with Crippen molar-refractivity contribution in [2.45, 2.75) is 11.2 Å². The van der Waals surface area contributed by atoms with Crippen LogP contribution in [0.25, 0.3) is 10.8 Å². The molecule has 2 fully saturated rings. The second-order valence-corrected chi connectivity index (χ2v) is 9.95. The normalized spacial score (nSPS) is 22.6. The molecule has 2 aliphatic heterocycles. The molecule has 7 nitrogen and oxygen atoms in total. The Bertz CT molecular complexity index is 1040. The summed E-state index contributed by atoms with van der Waals surface area (Å²) >= 11 is 0. The Morgan fingerprint density at radius 2 is 1.89 bits per heavy atom. The van der Waals surface area contributed by atoms with Crippen LogP contribution in [0.5, 0.6) is 0 Å². The predicted molar refractivity (Wildman–Crippen MR) is 101 cm³/mol. The first-order valence-corrected chi connectivity index (χ1v) is 10.5. The van der Waals surface area contributed by atoms with Gasteiger partial charge in [-0.3, -0.25) is 14.6 Å². The van der Waals surface area contributed by atoms with Crippen LogP contribution in [0.2, 0.25) is 0 Å². The van der Waals surface area contributed by atoms with Crippen LogP contribution in [0.1, 0.15) is 16.9 Å². The van der Waals surface area contributed by atoms with Crippen molar-refractivity contribution in [1.82, 2.24) is 14.8 Å². The largest absolute Gasteiger partial charge is 0.349 e. The van der Waals surface area contributed by atoms with Crippen molar-refractivity contribution in [3.8, 4) is 0 Å². The third-order valence-corrected chi connectivity index (χ3v) is 8.30. The lowest BCUT2D eigenvalue weighted by Crippen LogP contribution is -2.70. The zero-order valence-corrected chi connectivity index (χ0v) is 16.1. The van der Waals surface area contributed by atoms with E-state index in [-0.39, 0.29) is 30.7 Å². The van der Waals surface area contributed by atoms with E-state index < -0.39 is 20.5 Å². The number of carbonyl (C=O) groups is 2. The third kappa shape index (κ3) is 2.54. The number of benzene rings is 1. The molecule has 1 unspecified atom stereocenters. The Morgan fingerprint density at radius 1 is 1.19 bits per heavy atom. The van der Waals surface area contributed by atoms with E-state index in [2.05, 4.69) is 4.98 Å². The average Bonchev–Trinajstić information content (AvgIpc) is 2.89. The highest BCUT2D eigenvalue weighted by atomic mass is 32.2. The van der Waals surface area contributed by atoms with Gasteiger partial charge in [0.1, 0.15) is 10.4 Å². The van der Waals surface area contributed by atoms with E-state index in [0.717, 1.165) is 10.8 Å². The minimum atomic E-state index is -3.43. The number of pyridine rings is 1. The molecule has 2 saturated heterocycles. The number of hydrogen-bond donors (Lipinski definition) is 0. The fourth-order valence-electron chi connectivity index (χ4n) is 4.22. The van der Waals surface area contributed by atoms with Crippen molar-refractivity contribution in [1.29, 1.82) is 0 Å². The Morgan fingerprint density at radius 3 is 2.59 bits per heavy atom. The van der Waals surface area contributed by atoms with Crippen LogP contribution in [-0.4, -0.2) is 72.7 Å². The summed E-state index contributed by atoms with van der Waals surface area (Å²) in [7, 11) is -0.175. The number of rotatable bonds is 2. The van der Waals surface area contributed by atoms with Crippen LogP contribution in [0.3, 0.4) is 0 Å². The first-order valence-electron chi connectivity index (χ1n) is 8.83. The molecule has 2 aromatic rings. The number of fused-ring (bicyclic) bond motifs is 1. The fourth-order valence-corrected chi connectivity index (χ4v) is 6.53. The molecular weight excluding hydrogens is 366 g/mol. The second-order valence-electron chi connectivity index (χ2n) is 7.50. The van der Waals surface area contributed by atoms with Gasteiger partial charge in [-0.05, 0) is 17.9 Å². The van der Waals surface area contributed by atoms with Crippen LogP contribution in [0.15, 0.2) is 36.5 Å². The molecule has 1 aromatic heterocycles. The number of likely N-dealkylation sites (tertiary alicyclic amines) is 1. The maximum absolute atomic E-state index is 13.0. The van der Waals surface area contributed by atoms with Crippen LogP contribution in [0.4, 0.5) is 0 Å². The quantitative estimate of drug-likeness (QED) is 0.766. The van der Waals surface area contributed by atoms with E-state index in [0.29, 0.717) is 12.1 Å². The Kier molecular flexibility index (Phi) is 3.99. The standard InChI is InChI=1S/C19H21N3O4S/c1-21(2)17(23)15-8-10-27(25,26)19(15)11-22(12-19)18(24)16-14-6-4-3-5-13(14)7-9-20-16/h3-7,9,15H,8,10-12H2,1-2H3. The van der Waals surface area contributed by atoms with Gasteiger partial charge in [0, 0.05) is 38.8 Å². The van der Waals surface area contributed by atoms with Crippen molar-refractivity contribution >= 4 is 32.4 Å².